The number of carbonyl (C=O) groups is 2. The van der Waals surface area contributed by atoms with E-state index in [1.807, 2.05) is 50.2 Å². The predicted molar refractivity (Wildman–Crippen MR) is 124 cm³/mol. The third-order valence-corrected chi connectivity index (χ3v) is 5.81. The minimum Gasteiger partial charge on any atom is -0.491 e. The van der Waals surface area contributed by atoms with Crippen molar-refractivity contribution >= 4 is 44.9 Å². The topological polar surface area (TPSA) is 55.8 Å². The van der Waals surface area contributed by atoms with Crippen molar-refractivity contribution in [2.45, 2.75) is 13.8 Å². The lowest BCUT2D eigenvalue weighted by Crippen LogP contribution is -2.32. The Morgan fingerprint density at radius 3 is 2.67 bits per heavy atom. The summed E-state index contributed by atoms with van der Waals surface area (Å²) >= 11 is 4.35. The summed E-state index contributed by atoms with van der Waals surface area (Å²) in [7, 11) is 0. The molecule has 1 fully saturated rings. The fourth-order valence-electron chi connectivity index (χ4n) is 2.86. The lowest BCUT2D eigenvalue weighted by molar-refractivity contribution is -0.123. The molecule has 1 saturated heterocycles. The first-order valence-electron chi connectivity index (χ1n) is 9.37. The van der Waals surface area contributed by atoms with Gasteiger partial charge in [-0.25, -0.2) is 0 Å². The lowest BCUT2D eigenvalue weighted by atomic mass is 10.1. The van der Waals surface area contributed by atoms with Gasteiger partial charge in [0.05, 0.1) is 11.4 Å². The van der Waals surface area contributed by atoms with Gasteiger partial charge in [0.2, 0.25) is 0 Å². The molecule has 156 valence electrons. The van der Waals surface area contributed by atoms with Crippen LogP contribution in [-0.4, -0.2) is 35.8 Å². The summed E-state index contributed by atoms with van der Waals surface area (Å²) in [5, 5.41) is -0.306. The van der Waals surface area contributed by atoms with Crippen LogP contribution in [0.4, 0.5) is 4.79 Å². The van der Waals surface area contributed by atoms with Crippen molar-refractivity contribution in [1.82, 2.24) is 4.90 Å². The fourth-order valence-corrected chi connectivity index (χ4v) is 4.09. The van der Waals surface area contributed by atoms with Crippen LogP contribution in [0.3, 0.4) is 0 Å². The Balaban J connectivity index is 1.71. The number of halogens is 1. The standard InChI is InChI=1S/C23H22BrNO4S/c1-4-10-28-19-8-7-18(24)13-17(19)14-21-22(26)25(23(27)30-21)9-11-29-20-12-15(2)5-6-16(20)3/h4-8,12-14H,1,9-11H2,2-3H3/b21-14-. The lowest BCUT2D eigenvalue weighted by Gasteiger charge is -2.14. The average Bonchev–Trinajstić information content (AvgIpc) is 2.97. The molecular weight excluding hydrogens is 466 g/mol. The average molecular weight is 488 g/mol. The first-order chi connectivity index (χ1) is 14.4. The second-order valence-corrected chi connectivity index (χ2v) is 8.64. The normalized spacial score (nSPS) is 15.0. The van der Waals surface area contributed by atoms with Gasteiger partial charge >= 0.3 is 0 Å². The molecule has 1 aliphatic rings. The summed E-state index contributed by atoms with van der Waals surface area (Å²) in [4.78, 5) is 26.7. The largest absolute Gasteiger partial charge is 0.491 e. The monoisotopic (exact) mass is 487 g/mol. The molecule has 2 aromatic carbocycles. The zero-order chi connectivity index (χ0) is 21.7. The number of carbonyl (C=O) groups excluding carboxylic acids is 2. The van der Waals surface area contributed by atoms with Crippen molar-refractivity contribution < 1.29 is 19.1 Å². The summed E-state index contributed by atoms with van der Waals surface area (Å²) in [6.07, 6.45) is 3.33. The van der Waals surface area contributed by atoms with Gasteiger partial charge in [0.15, 0.2) is 0 Å². The molecule has 0 saturated carbocycles. The van der Waals surface area contributed by atoms with Crippen molar-refractivity contribution in [3.05, 3.63) is 75.1 Å². The first kappa shape index (κ1) is 22.2. The molecule has 3 rings (SSSR count). The SMILES string of the molecule is C=CCOc1ccc(Br)cc1/C=C1\SC(=O)N(CCOc2cc(C)ccc2C)C1=O. The second-order valence-electron chi connectivity index (χ2n) is 6.73. The van der Waals surface area contributed by atoms with Crippen LogP contribution in [-0.2, 0) is 4.79 Å². The van der Waals surface area contributed by atoms with Gasteiger partial charge in [0.25, 0.3) is 11.1 Å². The zero-order valence-corrected chi connectivity index (χ0v) is 19.2. The Bertz CT molecular complexity index is 1020. The number of rotatable bonds is 8. The summed E-state index contributed by atoms with van der Waals surface area (Å²) in [5.74, 6) is 1.04. The number of benzene rings is 2. The van der Waals surface area contributed by atoms with Crippen LogP contribution in [0, 0.1) is 13.8 Å². The number of thioether (sulfide) groups is 1. The molecule has 0 spiro atoms. The number of imide groups is 1. The number of ether oxygens (including phenoxy) is 2. The Kier molecular flexibility index (Phi) is 7.39. The highest BCUT2D eigenvalue weighted by atomic mass is 79.9. The van der Waals surface area contributed by atoms with Crippen molar-refractivity contribution in [3.63, 3.8) is 0 Å². The van der Waals surface area contributed by atoms with E-state index in [-0.39, 0.29) is 24.3 Å². The molecule has 2 aromatic rings. The minimum atomic E-state index is -0.329. The first-order valence-corrected chi connectivity index (χ1v) is 11.0. The summed E-state index contributed by atoms with van der Waals surface area (Å²) < 4.78 is 12.3. The molecular formula is C23H22BrNO4S. The molecule has 0 radical (unpaired) electrons. The summed E-state index contributed by atoms with van der Waals surface area (Å²) in [5.41, 5.74) is 2.81. The van der Waals surface area contributed by atoms with Crippen LogP contribution in [0.15, 0.2) is 58.4 Å². The molecule has 0 aliphatic carbocycles. The minimum absolute atomic E-state index is 0.188. The third-order valence-electron chi connectivity index (χ3n) is 4.40. The van der Waals surface area contributed by atoms with E-state index >= 15 is 0 Å². The molecule has 0 aromatic heterocycles. The molecule has 0 unspecified atom stereocenters. The van der Waals surface area contributed by atoms with E-state index in [0.29, 0.717) is 22.8 Å². The van der Waals surface area contributed by atoms with E-state index in [4.69, 9.17) is 9.47 Å². The van der Waals surface area contributed by atoms with Gasteiger partial charge in [-0.05, 0) is 67.1 Å². The van der Waals surface area contributed by atoms with E-state index in [1.54, 1.807) is 12.2 Å². The van der Waals surface area contributed by atoms with Crippen LogP contribution < -0.4 is 9.47 Å². The Hall–Kier alpha value is -2.51. The second kappa shape index (κ2) is 10.00. The number of hydrogen-bond donors (Lipinski definition) is 0. The van der Waals surface area contributed by atoms with Gasteiger partial charge in [-0.2, -0.15) is 0 Å². The van der Waals surface area contributed by atoms with E-state index < -0.39 is 0 Å². The Morgan fingerprint density at radius 1 is 1.10 bits per heavy atom. The molecule has 0 atom stereocenters. The predicted octanol–water partition coefficient (Wildman–Crippen LogP) is 5.75. The fraction of sp³-hybridized carbons (Fsp3) is 0.217. The van der Waals surface area contributed by atoms with Gasteiger partial charge in [-0.3, -0.25) is 14.5 Å². The molecule has 5 nitrogen and oxygen atoms in total. The van der Waals surface area contributed by atoms with E-state index in [2.05, 4.69) is 22.5 Å². The maximum atomic E-state index is 12.8. The molecule has 1 heterocycles. The number of nitrogens with zero attached hydrogens (tertiary/aromatic N) is 1. The molecule has 1 aliphatic heterocycles. The number of aryl methyl sites for hydroxylation is 2. The smallest absolute Gasteiger partial charge is 0.293 e. The van der Waals surface area contributed by atoms with Crippen molar-refractivity contribution in [1.29, 1.82) is 0 Å². The highest BCUT2D eigenvalue weighted by Crippen LogP contribution is 2.35. The van der Waals surface area contributed by atoms with Crippen molar-refractivity contribution in [3.8, 4) is 11.5 Å². The quantitative estimate of drug-likeness (QED) is 0.350. The van der Waals surface area contributed by atoms with Gasteiger partial charge in [0.1, 0.15) is 24.7 Å². The molecule has 0 N–H and O–H groups in total. The highest BCUT2D eigenvalue weighted by molar-refractivity contribution is 9.10. The molecule has 2 amide bonds. The molecule has 0 bridgehead atoms. The molecule has 30 heavy (non-hydrogen) atoms. The maximum Gasteiger partial charge on any atom is 0.293 e. The maximum absolute atomic E-state index is 12.8. The number of amides is 2. The molecule has 7 heteroatoms. The van der Waals surface area contributed by atoms with Crippen LogP contribution in [0.2, 0.25) is 0 Å². The summed E-state index contributed by atoms with van der Waals surface area (Å²) in [6, 6.07) is 11.4. The van der Waals surface area contributed by atoms with Crippen LogP contribution in [0.5, 0.6) is 11.5 Å². The van der Waals surface area contributed by atoms with E-state index in [1.165, 1.54) is 4.90 Å². The van der Waals surface area contributed by atoms with Crippen LogP contribution in [0.25, 0.3) is 6.08 Å². The van der Waals surface area contributed by atoms with Crippen molar-refractivity contribution in [2.75, 3.05) is 19.8 Å². The van der Waals surface area contributed by atoms with Gasteiger partial charge in [0, 0.05) is 10.0 Å². The van der Waals surface area contributed by atoms with Gasteiger partial charge < -0.3 is 9.47 Å². The van der Waals surface area contributed by atoms with E-state index in [0.717, 1.165) is 33.1 Å². The van der Waals surface area contributed by atoms with E-state index in [9.17, 15) is 9.59 Å². The highest BCUT2D eigenvalue weighted by Gasteiger charge is 2.35. The van der Waals surface area contributed by atoms with Crippen LogP contribution >= 0.6 is 27.7 Å². The Labute approximate surface area is 188 Å². The van der Waals surface area contributed by atoms with Crippen molar-refractivity contribution in [2.24, 2.45) is 0 Å². The van der Waals surface area contributed by atoms with Crippen LogP contribution in [0.1, 0.15) is 16.7 Å². The number of hydrogen-bond acceptors (Lipinski definition) is 5. The Morgan fingerprint density at radius 2 is 1.90 bits per heavy atom. The van der Waals surface area contributed by atoms with Gasteiger partial charge in [-0.1, -0.05) is 40.7 Å². The van der Waals surface area contributed by atoms with Gasteiger partial charge in [-0.15, -0.1) is 0 Å². The zero-order valence-electron chi connectivity index (χ0n) is 16.8. The summed E-state index contributed by atoms with van der Waals surface area (Å²) in [6.45, 7) is 8.37. The third kappa shape index (κ3) is 5.34.